The topological polar surface area (TPSA) is 71.1 Å². The van der Waals surface area contributed by atoms with Crippen LogP contribution in [-0.2, 0) is 11.3 Å². The van der Waals surface area contributed by atoms with E-state index < -0.39 is 11.7 Å². The van der Waals surface area contributed by atoms with Crippen molar-refractivity contribution in [2.75, 3.05) is 6.54 Å². The van der Waals surface area contributed by atoms with Gasteiger partial charge in [0.05, 0.1) is 23.8 Å². The highest BCUT2D eigenvalue weighted by Crippen LogP contribution is 2.18. The second-order valence-electron chi connectivity index (χ2n) is 5.30. The highest BCUT2D eigenvalue weighted by atomic mass is 32.1. The Morgan fingerprint density at radius 3 is 2.52 bits per heavy atom. The lowest BCUT2D eigenvalue weighted by Gasteiger charge is -2.06. The Balaban J connectivity index is 1.76. The van der Waals surface area contributed by atoms with Crippen molar-refractivity contribution < 1.29 is 14.0 Å². The zero-order chi connectivity index (χ0) is 16.8. The molecule has 0 atom stereocenters. The average Bonchev–Trinajstić information content (AvgIpc) is 3.00. The third-order valence-electron chi connectivity index (χ3n) is 3.05. The summed E-state index contributed by atoms with van der Waals surface area (Å²) in [5, 5.41) is 8.12. The van der Waals surface area contributed by atoms with Gasteiger partial charge in [0.1, 0.15) is 5.82 Å². The normalized spacial score (nSPS) is 10.6. The van der Waals surface area contributed by atoms with Crippen molar-refractivity contribution in [2.45, 2.75) is 26.3 Å². The lowest BCUT2D eigenvalue weighted by Crippen LogP contribution is -2.36. The van der Waals surface area contributed by atoms with E-state index in [9.17, 15) is 14.0 Å². The van der Waals surface area contributed by atoms with Gasteiger partial charge in [-0.05, 0) is 24.3 Å². The summed E-state index contributed by atoms with van der Waals surface area (Å²) in [7, 11) is 0. The number of carbonyl (C=O) groups excluding carboxylic acids is 2. The van der Waals surface area contributed by atoms with Gasteiger partial charge in [-0.15, -0.1) is 11.3 Å². The first-order chi connectivity index (χ1) is 11.0. The molecule has 1 aromatic carbocycles. The Kier molecular flexibility index (Phi) is 5.81. The van der Waals surface area contributed by atoms with Gasteiger partial charge in [-0.2, -0.15) is 0 Å². The molecule has 0 aliphatic rings. The first-order valence-electron chi connectivity index (χ1n) is 7.20. The highest BCUT2D eigenvalue weighted by Gasteiger charge is 2.09. The van der Waals surface area contributed by atoms with Gasteiger partial charge in [-0.1, -0.05) is 13.8 Å². The van der Waals surface area contributed by atoms with Crippen LogP contribution in [0.4, 0.5) is 4.39 Å². The number of amides is 2. The smallest absolute Gasteiger partial charge is 0.251 e. The van der Waals surface area contributed by atoms with Gasteiger partial charge in [0.15, 0.2) is 0 Å². The Morgan fingerprint density at radius 1 is 1.22 bits per heavy atom. The molecule has 2 amide bonds. The van der Waals surface area contributed by atoms with Crippen LogP contribution in [0, 0.1) is 5.82 Å². The molecule has 1 aromatic heterocycles. The molecule has 2 aromatic rings. The maximum Gasteiger partial charge on any atom is 0.251 e. The maximum atomic E-state index is 12.8. The molecule has 2 N–H and O–H groups in total. The van der Waals surface area contributed by atoms with Crippen LogP contribution in [0.5, 0.6) is 0 Å². The van der Waals surface area contributed by atoms with E-state index in [2.05, 4.69) is 29.5 Å². The van der Waals surface area contributed by atoms with Gasteiger partial charge in [-0.25, -0.2) is 9.37 Å². The van der Waals surface area contributed by atoms with Crippen LogP contribution in [0.25, 0.3) is 0 Å². The third kappa shape index (κ3) is 5.14. The van der Waals surface area contributed by atoms with Gasteiger partial charge in [0, 0.05) is 16.9 Å². The molecular formula is C16H18FN3O2S. The fourth-order valence-electron chi connectivity index (χ4n) is 1.78. The van der Waals surface area contributed by atoms with Gasteiger partial charge in [0.2, 0.25) is 5.91 Å². The number of thiazole rings is 1. The van der Waals surface area contributed by atoms with Crippen molar-refractivity contribution in [3.8, 4) is 0 Å². The minimum atomic E-state index is -0.420. The summed E-state index contributed by atoms with van der Waals surface area (Å²) >= 11 is 1.56. The molecule has 0 fully saturated rings. The molecule has 7 heteroatoms. The highest BCUT2D eigenvalue weighted by molar-refractivity contribution is 7.09. The number of nitrogens with one attached hydrogen (secondary N) is 2. The Labute approximate surface area is 137 Å². The summed E-state index contributed by atoms with van der Waals surface area (Å²) in [5.74, 6) is -0.779. The molecule has 0 spiro atoms. The molecular weight excluding hydrogens is 317 g/mol. The first-order valence-corrected chi connectivity index (χ1v) is 8.08. The fourth-order valence-corrected chi connectivity index (χ4v) is 2.62. The number of rotatable bonds is 6. The van der Waals surface area contributed by atoms with Gasteiger partial charge in [-0.3, -0.25) is 9.59 Å². The van der Waals surface area contributed by atoms with Gasteiger partial charge in [0.25, 0.3) is 5.91 Å². The fraction of sp³-hybridized carbons (Fsp3) is 0.312. The number of hydrogen-bond donors (Lipinski definition) is 2. The Bertz CT molecular complexity index is 683. The number of nitrogens with zero attached hydrogens (tertiary/aromatic N) is 1. The minimum absolute atomic E-state index is 0.141. The molecule has 0 unspecified atom stereocenters. The van der Waals surface area contributed by atoms with Crippen LogP contribution in [0.3, 0.4) is 0 Å². The monoisotopic (exact) mass is 335 g/mol. The SMILES string of the molecule is CC(C)c1nc(CNC(=O)CNC(=O)c2ccc(F)cc2)cs1. The molecule has 122 valence electrons. The van der Waals surface area contributed by atoms with E-state index in [4.69, 9.17) is 0 Å². The van der Waals surface area contributed by atoms with E-state index in [-0.39, 0.29) is 12.5 Å². The zero-order valence-corrected chi connectivity index (χ0v) is 13.7. The number of halogens is 1. The first kappa shape index (κ1) is 17.1. The van der Waals surface area contributed by atoms with Crippen molar-refractivity contribution in [3.05, 3.63) is 51.7 Å². The second kappa shape index (κ2) is 7.82. The maximum absolute atomic E-state index is 12.8. The Morgan fingerprint density at radius 2 is 1.91 bits per heavy atom. The molecule has 0 aliphatic heterocycles. The lowest BCUT2D eigenvalue weighted by molar-refractivity contribution is -0.120. The van der Waals surface area contributed by atoms with Crippen LogP contribution in [0.1, 0.15) is 40.8 Å². The summed E-state index contributed by atoms with van der Waals surface area (Å²) in [5.41, 5.74) is 1.11. The van der Waals surface area contributed by atoms with Crippen molar-refractivity contribution in [1.29, 1.82) is 0 Å². The second-order valence-corrected chi connectivity index (χ2v) is 6.19. The van der Waals surface area contributed by atoms with Crippen LogP contribution in [-0.4, -0.2) is 23.3 Å². The van der Waals surface area contributed by atoms with Gasteiger partial charge < -0.3 is 10.6 Å². The van der Waals surface area contributed by atoms with Crippen LogP contribution in [0.2, 0.25) is 0 Å². The average molecular weight is 335 g/mol. The van der Waals surface area contributed by atoms with E-state index in [0.29, 0.717) is 18.0 Å². The third-order valence-corrected chi connectivity index (χ3v) is 4.24. The lowest BCUT2D eigenvalue weighted by atomic mass is 10.2. The van der Waals surface area contributed by atoms with E-state index >= 15 is 0 Å². The van der Waals surface area contributed by atoms with Crippen LogP contribution < -0.4 is 10.6 Å². The molecule has 0 radical (unpaired) electrons. The molecule has 5 nitrogen and oxygen atoms in total. The van der Waals surface area contributed by atoms with Crippen LogP contribution >= 0.6 is 11.3 Å². The van der Waals surface area contributed by atoms with Crippen molar-refractivity contribution >= 4 is 23.2 Å². The molecule has 2 rings (SSSR count). The number of carbonyl (C=O) groups is 2. The molecule has 0 aliphatic carbocycles. The zero-order valence-electron chi connectivity index (χ0n) is 12.9. The minimum Gasteiger partial charge on any atom is -0.349 e. The summed E-state index contributed by atoms with van der Waals surface area (Å²) in [6.07, 6.45) is 0. The summed E-state index contributed by atoms with van der Waals surface area (Å²) in [6, 6.07) is 5.13. The molecule has 23 heavy (non-hydrogen) atoms. The predicted molar refractivity (Wildman–Crippen MR) is 86.8 cm³/mol. The van der Waals surface area contributed by atoms with Crippen molar-refractivity contribution in [3.63, 3.8) is 0 Å². The molecule has 0 bridgehead atoms. The number of hydrogen-bond acceptors (Lipinski definition) is 4. The standard InChI is InChI=1S/C16H18FN3O2S/c1-10(2)16-20-13(9-23-16)7-18-14(21)8-19-15(22)11-3-5-12(17)6-4-11/h3-6,9-10H,7-8H2,1-2H3,(H,18,21)(H,19,22). The van der Waals surface area contributed by atoms with Crippen molar-refractivity contribution in [1.82, 2.24) is 15.6 Å². The van der Waals surface area contributed by atoms with E-state index in [0.717, 1.165) is 10.7 Å². The predicted octanol–water partition coefficient (Wildman–Crippen LogP) is 2.45. The quantitative estimate of drug-likeness (QED) is 0.852. The van der Waals surface area contributed by atoms with Crippen LogP contribution in [0.15, 0.2) is 29.6 Å². The summed E-state index contributed by atoms with van der Waals surface area (Å²) in [4.78, 5) is 27.9. The molecule has 0 saturated carbocycles. The summed E-state index contributed by atoms with van der Waals surface area (Å²) in [6.45, 7) is 4.31. The molecule has 1 heterocycles. The van der Waals surface area contributed by atoms with E-state index in [1.807, 2.05) is 5.38 Å². The Hall–Kier alpha value is -2.28. The largest absolute Gasteiger partial charge is 0.349 e. The number of benzene rings is 1. The summed E-state index contributed by atoms with van der Waals surface area (Å²) < 4.78 is 12.8. The van der Waals surface area contributed by atoms with E-state index in [1.54, 1.807) is 11.3 Å². The van der Waals surface area contributed by atoms with Crippen molar-refractivity contribution in [2.24, 2.45) is 0 Å². The number of aromatic nitrogens is 1. The van der Waals surface area contributed by atoms with Gasteiger partial charge >= 0.3 is 0 Å². The van der Waals surface area contributed by atoms with E-state index in [1.165, 1.54) is 24.3 Å². The molecule has 0 saturated heterocycles.